The third-order valence-electron chi connectivity index (χ3n) is 2.25. The Balaban J connectivity index is 2.49. The molecule has 1 rings (SSSR count). The van der Waals surface area contributed by atoms with E-state index in [1.807, 2.05) is 0 Å². The molecule has 3 atom stereocenters. The van der Waals surface area contributed by atoms with Gasteiger partial charge in [-0.05, 0) is 6.92 Å². The SMILES string of the molecule is CC1C(C(=O)N[C@@H](C)C#N)C1(F)F. The summed E-state index contributed by atoms with van der Waals surface area (Å²) in [6.07, 6.45) is 0. The number of hydrogen-bond donors (Lipinski definition) is 1. The molecule has 3 nitrogen and oxygen atoms in total. The van der Waals surface area contributed by atoms with E-state index >= 15 is 0 Å². The van der Waals surface area contributed by atoms with Crippen molar-refractivity contribution < 1.29 is 13.6 Å². The molecule has 5 heteroatoms. The van der Waals surface area contributed by atoms with Gasteiger partial charge in [0, 0.05) is 5.92 Å². The summed E-state index contributed by atoms with van der Waals surface area (Å²) in [5.41, 5.74) is 0. The minimum absolute atomic E-state index is 0.712. The molecule has 0 spiro atoms. The summed E-state index contributed by atoms with van der Waals surface area (Å²) in [5.74, 6) is -5.77. The monoisotopic (exact) mass is 188 g/mol. The average molecular weight is 188 g/mol. The van der Waals surface area contributed by atoms with Crippen molar-refractivity contribution in [2.45, 2.75) is 25.8 Å². The highest BCUT2D eigenvalue weighted by molar-refractivity contribution is 5.83. The predicted molar refractivity (Wildman–Crippen MR) is 40.8 cm³/mol. The molecule has 0 radical (unpaired) electrons. The first-order valence-corrected chi connectivity index (χ1v) is 3.99. The summed E-state index contributed by atoms with van der Waals surface area (Å²) in [4.78, 5) is 11.1. The molecule has 0 saturated heterocycles. The van der Waals surface area contributed by atoms with E-state index in [1.165, 1.54) is 13.8 Å². The van der Waals surface area contributed by atoms with E-state index in [0.717, 1.165) is 0 Å². The molecule has 0 aromatic heterocycles. The molecule has 0 bridgehead atoms. The fourth-order valence-electron chi connectivity index (χ4n) is 1.22. The number of nitrogens with one attached hydrogen (secondary N) is 1. The van der Waals surface area contributed by atoms with Crippen molar-refractivity contribution in [2.24, 2.45) is 11.8 Å². The van der Waals surface area contributed by atoms with Crippen molar-refractivity contribution in [1.29, 1.82) is 5.26 Å². The second kappa shape index (κ2) is 2.95. The van der Waals surface area contributed by atoms with Crippen LogP contribution >= 0.6 is 0 Å². The van der Waals surface area contributed by atoms with Crippen LogP contribution in [0.25, 0.3) is 0 Å². The minimum Gasteiger partial charge on any atom is -0.340 e. The largest absolute Gasteiger partial charge is 0.340 e. The van der Waals surface area contributed by atoms with Gasteiger partial charge in [0.2, 0.25) is 5.91 Å². The van der Waals surface area contributed by atoms with Gasteiger partial charge in [-0.2, -0.15) is 5.26 Å². The van der Waals surface area contributed by atoms with Gasteiger partial charge in [-0.1, -0.05) is 6.92 Å². The maximum absolute atomic E-state index is 12.7. The summed E-state index contributed by atoms with van der Waals surface area (Å²) in [5, 5.41) is 10.5. The second-order valence-corrected chi connectivity index (χ2v) is 3.30. The summed E-state index contributed by atoms with van der Waals surface area (Å²) in [7, 11) is 0. The van der Waals surface area contributed by atoms with Gasteiger partial charge in [0.05, 0.1) is 6.07 Å². The number of halogens is 2. The minimum atomic E-state index is -2.89. The molecule has 2 unspecified atom stereocenters. The van der Waals surface area contributed by atoms with Crippen molar-refractivity contribution >= 4 is 5.91 Å². The lowest BCUT2D eigenvalue weighted by molar-refractivity contribution is -0.124. The van der Waals surface area contributed by atoms with E-state index in [9.17, 15) is 13.6 Å². The van der Waals surface area contributed by atoms with Gasteiger partial charge in [-0.3, -0.25) is 4.79 Å². The van der Waals surface area contributed by atoms with Crippen LogP contribution in [0.3, 0.4) is 0 Å². The molecule has 13 heavy (non-hydrogen) atoms. The van der Waals surface area contributed by atoms with Crippen LogP contribution in [0.1, 0.15) is 13.8 Å². The Labute approximate surface area is 74.7 Å². The topological polar surface area (TPSA) is 52.9 Å². The molecule has 0 aromatic rings. The predicted octanol–water partition coefficient (Wildman–Crippen LogP) is 0.916. The fourth-order valence-corrected chi connectivity index (χ4v) is 1.22. The van der Waals surface area contributed by atoms with Crippen molar-refractivity contribution in [3.63, 3.8) is 0 Å². The van der Waals surface area contributed by atoms with Crippen LogP contribution in [0.5, 0.6) is 0 Å². The summed E-state index contributed by atoms with van der Waals surface area (Å²) in [6, 6.07) is 1.03. The van der Waals surface area contributed by atoms with Crippen molar-refractivity contribution in [3.05, 3.63) is 0 Å². The number of carbonyl (C=O) groups is 1. The Bertz CT molecular complexity index is 272. The number of nitrogens with zero attached hydrogens (tertiary/aromatic N) is 1. The van der Waals surface area contributed by atoms with Crippen LogP contribution in [-0.2, 0) is 4.79 Å². The molecule has 1 fully saturated rings. The normalized spacial score (nSPS) is 31.6. The molecular weight excluding hydrogens is 178 g/mol. The lowest BCUT2D eigenvalue weighted by Crippen LogP contribution is -2.34. The van der Waals surface area contributed by atoms with Crippen LogP contribution in [0.15, 0.2) is 0 Å². The number of alkyl halides is 2. The number of nitriles is 1. The van der Waals surface area contributed by atoms with Gasteiger partial charge in [0.1, 0.15) is 12.0 Å². The quantitative estimate of drug-likeness (QED) is 0.700. The van der Waals surface area contributed by atoms with Gasteiger partial charge in [0.25, 0.3) is 5.92 Å². The van der Waals surface area contributed by atoms with Crippen molar-refractivity contribution in [1.82, 2.24) is 5.32 Å². The van der Waals surface area contributed by atoms with E-state index in [-0.39, 0.29) is 0 Å². The van der Waals surface area contributed by atoms with Gasteiger partial charge in [-0.25, -0.2) is 8.78 Å². The zero-order chi connectivity index (χ0) is 10.2. The Hall–Kier alpha value is -1.18. The number of rotatable bonds is 2. The third kappa shape index (κ3) is 1.62. The maximum atomic E-state index is 12.7. The standard InChI is InChI=1S/C8H10F2N2O/c1-4(3-11)12-7(13)6-5(2)8(6,9)10/h4-6H,1-2H3,(H,12,13)/t4-,5?,6?/m0/s1. The van der Waals surface area contributed by atoms with E-state index in [0.29, 0.717) is 0 Å². The van der Waals surface area contributed by atoms with Crippen LogP contribution < -0.4 is 5.32 Å². The molecule has 1 amide bonds. The summed E-state index contributed by atoms with van der Waals surface area (Å²) in [6.45, 7) is 2.77. The maximum Gasteiger partial charge on any atom is 0.263 e. The smallest absolute Gasteiger partial charge is 0.263 e. The average Bonchev–Trinajstić information content (AvgIpc) is 2.51. The molecule has 0 heterocycles. The molecule has 1 saturated carbocycles. The molecule has 0 aromatic carbocycles. The van der Waals surface area contributed by atoms with Crippen LogP contribution in [0, 0.1) is 23.2 Å². The lowest BCUT2D eigenvalue weighted by Gasteiger charge is -2.04. The highest BCUT2D eigenvalue weighted by Crippen LogP contribution is 2.54. The van der Waals surface area contributed by atoms with Crippen LogP contribution in [-0.4, -0.2) is 17.9 Å². The molecule has 0 aliphatic heterocycles. The highest BCUT2D eigenvalue weighted by atomic mass is 19.3. The molecule has 72 valence electrons. The summed E-state index contributed by atoms with van der Waals surface area (Å²) >= 11 is 0. The Morgan fingerprint density at radius 3 is 2.46 bits per heavy atom. The van der Waals surface area contributed by atoms with Gasteiger partial charge < -0.3 is 5.32 Å². The molecule has 1 aliphatic rings. The van der Waals surface area contributed by atoms with Crippen molar-refractivity contribution in [3.8, 4) is 6.07 Å². The van der Waals surface area contributed by atoms with E-state index in [2.05, 4.69) is 5.32 Å². The zero-order valence-electron chi connectivity index (χ0n) is 7.34. The first kappa shape index (κ1) is 9.90. The first-order valence-electron chi connectivity index (χ1n) is 3.99. The third-order valence-corrected chi connectivity index (χ3v) is 2.25. The first-order chi connectivity index (χ1) is 5.91. The summed E-state index contributed by atoms with van der Waals surface area (Å²) < 4.78 is 25.3. The zero-order valence-corrected chi connectivity index (χ0v) is 7.34. The molecule has 1 aliphatic carbocycles. The second-order valence-electron chi connectivity index (χ2n) is 3.30. The van der Waals surface area contributed by atoms with Crippen LogP contribution in [0.4, 0.5) is 8.78 Å². The van der Waals surface area contributed by atoms with Crippen molar-refractivity contribution in [2.75, 3.05) is 0 Å². The van der Waals surface area contributed by atoms with Gasteiger partial charge in [-0.15, -0.1) is 0 Å². The van der Waals surface area contributed by atoms with Crippen LogP contribution in [0.2, 0.25) is 0 Å². The van der Waals surface area contributed by atoms with E-state index in [1.54, 1.807) is 6.07 Å². The Morgan fingerprint density at radius 2 is 2.15 bits per heavy atom. The van der Waals surface area contributed by atoms with Gasteiger partial charge >= 0.3 is 0 Å². The van der Waals surface area contributed by atoms with E-state index in [4.69, 9.17) is 5.26 Å². The lowest BCUT2D eigenvalue weighted by atomic mass is 10.3. The molecular formula is C8H10F2N2O. The molecule has 1 N–H and O–H groups in total. The highest BCUT2D eigenvalue weighted by Gasteiger charge is 2.69. The fraction of sp³-hybridized carbons (Fsp3) is 0.750. The Morgan fingerprint density at radius 1 is 1.69 bits per heavy atom. The number of amides is 1. The van der Waals surface area contributed by atoms with Gasteiger partial charge in [0.15, 0.2) is 0 Å². The number of carbonyl (C=O) groups excluding carboxylic acids is 1. The van der Waals surface area contributed by atoms with E-state index < -0.39 is 29.7 Å². The number of hydrogen-bond acceptors (Lipinski definition) is 2. The Kier molecular flexibility index (Phi) is 2.24.